The standard InChI is InChI=1S/C8H15N3OS/c1-6(2)12-5-8(9-3)7-4-10-13-11-7/h4,6,8-9H,5H2,1-3H3. The first-order valence-electron chi connectivity index (χ1n) is 4.30. The van der Waals surface area contributed by atoms with Gasteiger partial charge >= 0.3 is 0 Å². The Morgan fingerprint density at radius 1 is 1.62 bits per heavy atom. The van der Waals surface area contributed by atoms with E-state index in [1.165, 1.54) is 11.7 Å². The van der Waals surface area contributed by atoms with Crippen molar-refractivity contribution in [1.82, 2.24) is 14.1 Å². The Labute approximate surface area is 82.6 Å². The Balaban J connectivity index is 2.44. The van der Waals surface area contributed by atoms with Crippen LogP contribution in [0.5, 0.6) is 0 Å². The van der Waals surface area contributed by atoms with Gasteiger partial charge in [0.2, 0.25) is 0 Å². The van der Waals surface area contributed by atoms with Gasteiger partial charge in [-0.2, -0.15) is 8.75 Å². The van der Waals surface area contributed by atoms with E-state index in [1.807, 2.05) is 20.9 Å². The van der Waals surface area contributed by atoms with Gasteiger partial charge in [0.1, 0.15) is 0 Å². The van der Waals surface area contributed by atoms with Crippen LogP contribution in [0, 0.1) is 0 Å². The molecule has 0 radical (unpaired) electrons. The first-order valence-corrected chi connectivity index (χ1v) is 5.03. The SMILES string of the molecule is CNC(COC(C)C)c1cnsn1. The summed E-state index contributed by atoms with van der Waals surface area (Å²) in [5, 5.41) is 3.14. The van der Waals surface area contributed by atoms with Crippen molar-refractivity contribution in [3.05, 3.63) is 11.9 Å². The van der Waals surface area contributed by atoms with Crippen molar-refractivity contribution >= 4 is 11.7 Å². The Morgan fingerprint density at radius 3 is 2.85 bits per heavy atom. The van der Waals surface area contributed by atoms with Crippen LogP contribution < -0.4 is 5.32 Å². The molecule has 1 N–H and O–H groups in total. The molecular weight excluding hydrogens is 186 g/mol. The molecule has 1 atom stereocenters. The van der Waals surface area contributed by atoms with Gasteiger partial charge in [-0.25, -0.2) is 0 Å². The van der Waals surface area contributed by atoms with Crippen LogP contribution in [0.15, 0.2) is 6.20 Å². The summed E-state index contributed by atoms with van der Waals surface area (Å²) in [7, 11) is 1.90. The minimum atomic E-state index is 0.154. The van der Waals surface area contributed by atoms with Crippen molar-refractivity contribution in [3.8, 4) is 0 Å². The molecule has 0 spiro atoms. The zero-order valence-corrected chi connectivity index (χ0v) is 8.97. The monoisotopic (exact) mass is 201 g/mol. The van der Waals surface area contributed by atoms with Gasteiger partial charge < -0.3 is 10.1 Å². The number of rotatable bonds is 5. The van der Waals surface area contributed by atoms with E-state index in [4.69, 9.17) is 4.74 Å². The van der Waals surface area contributed by atoms with Crippen molar-refractivity contribution in [3.63, 3.8) is 0 Å². The summed E-state index contributed by atoms with van der Waals surface area (Å²) in [4.78, 5) is 0. The molecule has 0 aliphatic heterocycles. The summed E-state index contributed by atoms with van der Waals surface area (Å²) >= 11 is 1.22. The maximum Gasteiger partial charge on any atom is 0.0935 e. The summed E-state index contributed by atoms with van der Waals surface area (Å²) in [5.74, 6) is 0. The lowest BCUT2D eigenvalue weighted by Gasteiger charge is -2.15. The maximum atomic E-state index is 5.49. The van der Waals surface area contributed by atoms with Crippen LogP contribution in [-0.2, 0) is 4.74 Å². The Morgan fingerprint density at radius 2 is 2.38 bits per heavy atom. The Hall–Kier alpha value is -0.520. The van der Waals surface area contributed by atoms with Gasteiger partial charge in [-0.15, -0.1) is 0 Å². The van der Waals surface area contributed by atoms with Crippen molar-refractivity contribution in [2.45, 2.75) is 26.0 Å². The summed E-state index contributed by atoms with van der Waals surface area (Å²) in [6, 6.07) is 0.154. The zero-order chi connectivity index (χ0) is 9.68. The summed E-state index contributed by atoms with van der Waals surface area (Å²) in [6.07, 6.45) is 2.03. The van der Waals surface area contributed by atoms with Crippen LogP contribution >= 0.6 is 11.7 Å². The van der Waals surface area contributed by atoms with Gasteiger partial charge in [0.05, 0.1) is 42.4 Å². The lowest BCUT2D eigenvalue weighted by Crippen LogP contribution is -2.23. The normalized spacial score (nSPS) is 13.5. The number of ether oxygens (including phenoxy) is 1. The minimum absolute atomic E-state index is 0.154. The van der Waals surface area contributed by atoms with Gasteiger partial charge in [0.15, 0.2) is 0 Å². The number of hydrogen-bond donors (Lipinski definition) is 1. The van der Waals surface area contributed by atoms with Crippen LogP contribution in [0.4, 0.5) is 0 Å². The average Bonchev–Trinajstić information content (AvgIpc) is 2.58. The highest BCUT2D eigenvalue weighted by atomic mass is 32.1. The number of likely N-dealkylation sites (N-methyl/N-ethyl adjacent to an activating group) is 1. The first-order chi connectivity index (χ1) is 6.24. The highest BCUT2D eigenvalue weighted by Gasteiger charge is 2.12. The molecule has 5 heteroatoms. The molecule has 1 aromatic rings. The quantitative estimate of drug-likeness (QED) is 0.778. The maximum absolute atomic E-state index is 5.49. The lowest BCUT2D eigenvalue weighted by atomic mass is 10.2. The van der Waals surface area contributed by atoms with Crippen molar-refractivity contribution < 1.29 is 4.74 Å². The second-order valence-electron chi connectivity index (χ2n) is 3.06. The molecule has 1 aromatic heterocycles. The third-order valence-electron chi connectivity index (χ3n) is 1.68. The number of aromatic nitrogens is 2. The van der Waals surface area contributed by atoms with Crippen LogP contribution in [0.2, 0.25) is 0 Å². The van der Waals surface area contributed by atoms with Crippen molar-refractivity contribution in [2.75, 3.05) is 13.7 Å². The molecular formula is C8H15N3OS. The van der Waals surface area contributed by atoms with E-state index in [-0.39, 0.29) is 12.1 Å². The molecule has 1 rings (SSSR count). The fourth-order valence-corrected chi connectivity index (χ4v) is 1.40. The third kappa shape index (κ3) is 3.38. The molecule has 0 bridgehead atoms. The molecule has 0 aliphatic carbocycles. The summed E-state index contributed by atoms with van der Waals surface area (Å²) < 4.78 is 13.6. The Kier molecular flexibility index (Phi) is 4.27. The van der Waals surface area contributed by atoms with E-state index in [0.717, 1.165) is 5.69 Å². The molecule has 0 aromatic carbocycles. The summed E-state index contributed by atoms with van der Waals surface area (Å²) in [6.45, 7) is 4.68. The Bertz CT molecular complexity index is 225. The number of hydrogen-bond acceptors (Lipinski definition) is 5. The van der Waals surface area contributed by atoms with Crippen molar-refractivity contribution in [1.29, 1.82) is 0 Å². The van der Waals surface area contributed by atoms with Crippen LogP contribution in [0.1, 0.15) is 25.6 Å². The molecule has 0 fully saturated rings. The zero-order valence-electron chi connectivity index (χ0n) is 8.15. The van der Waals surface area contributed by atoms with E-state index in [0.29, 0.717) is 6.61 Å². The van der Waals surface area contributed by atoms with Crippen molar-refractivity contribution in [2.24, 2.45) is 0 Å². The predicted octanol–water partition coefficient (Wildman–Crippen LogP) is 1.22. The van der Waals surface area contributed by atoms with E-state index >= 15 is 0 Å². The van der Waals surface area contributed by atoms with E-state index < -0.39 is 0 Å². The second kappa shape index (κ2) is 5.26. The molecule has 0 saturated heterocycles. The van der Waals surface area contributed by atoms with Gasteiger partial charge in [-0.05, 0) is 20.9 Å². The number of nitrogens with zero attached hydrogens (tertiary/aromatic N) is 2. The van der Waals surface area contributed by atoms with Gasteiger partial charge in [0.25, 0.3) is 0 Å². The van der Waals surface area contributed by atoms with Gasteiger partial charge in [-0.3, -0.25) is 0 Å². The van der Waals surface area contributed by atoms with E-state index in [2.05, 4.69) is 14.1 Å². The molecule has 0 saturated carbocycles. The fraction of sp³-hybridized carbons (Fsp3) is 0.750. The molecule has 0 amide bonds. The lowest BCUT2D eigenvalue weighted by molar-refractivity contribution is 0.0620. The van der Waals surface area contributed by atoms with E-state index in [1.54, 1.807) is 6.20 Å². The largest absolute Gasteiger partial charge is 0.377 e. The highest BCUT2D eigenvalue weighted by molar-refractivity contribution is 6.99. The van der Waals surface area contributed by atoms with Gasteiger partial charge in [-0.1, -0.05) is 0 Å². The smallest absolute Gasteiger partial charge is 0.0935 e. The molecule has 74 valence electrons. The van der Waals surface area contributed by atoms with Crippen LogP contribution in [0.25, 0.3) is 0 Å². The topological polar surface area (TPSA) is 47.0 Å². The van der Waals surface area contributed by atoms with Crippen LogP contribution in [0.3, 0.4) is 0 Å². The fourth-order valence-electron chi connectivity index (χ4n) is 0.931. The minimum Gasteiger partial charge on any atom is -0.377 e. The third-order valence-corrected chi connectivity index (χ3v) is 2.17. The first kappa shape index (κ1) is 10.6. The molecule has 1 heterocycles. The molecule has 1 unspecified atom stereocenters. The van der Waals surface area contributed by atoms with Gasteiger partial charge in [0, 0.05) is 0 Å². The second-order valence-corrected chi connectivity index (χ2v) is 3.61. The van der Waals surface area contributed by atoms with E-state index in [9.17, 15) is 0 Å². The van der Waals surface area contributed by atoms with Crippen LogP contribution in [-0.4, -0.2) is 28.5 Å². The average molecular weight is 201 g/mol. The molecule has 13 heavy (non-hydrogen) atoms. The number of nitrogens with one attached hydrogen (secondary N) is 1. The predicted molar refractivity (Wildman–Crippen MR) is 52.8 cm³/mol. The molecule has 0 aliphatic rings. The highest BCUT2D eigenvalue weighted by Crippen LogP contribution is 2.10. The summed E-state index contributed by atoms with van der Waals surface area (Å²) in [5.41, 5.74) is 0.952. The molecule has 4 nitrogen and oxygen atoms in total.